The van der Waals surface area contributed by atoms with Gasteiger partial charge in [-0.1, -0.05) is 6.07 Å². The minimum atomic E-state index is -0.783. The number of halogens is 1. The van der Waals surface area contributed by atoms with Crippen molar-refractivity contribution in [1.82, 2.24) is 15.1 Å². The van der Waals surface area contributed by atoms with E-state index in [-0.39, 0.29) is 30.6 Å². The summed E-state index contributed by atoms with van der Waals surface area (Å²) < 4.78 is 19.7. The Hall–Kier alpha value is -2.52. The first-order valence-corrected chi connectivity index (χ1v) is 7.32. The highest BCUT2D eigenvalue weighted by atomic mass is 19.1. The number of nitrogens with one attached hydrogen (secondary N) is 1. The van der Waals surface area contributed by atoms with E-state index >= 15 is 0 Å². The van der Waals surface area contributed by atoms with Crippen LogP contribution < -0.4 is 10.1 Å². The molecular weight excluding hydrogens is 319 g/mol. The van der Waals surface area contributed by atoms with E-state index in [4.69, 9.17) is 4.74 Å². The van der Waals surface area contributed by atoms with Crippen LogP contribution in [0.2, 0.25) is 0 Å². The minimum Gasteiger partial charge on any atom is -0.494 e. The number of hydrogen-bond donors (Lipinski definition) is 2. The molecule has 24 heavy (non-hydrogen) atoms. The van der Waals surface area contributed by atoms with E-state index < -0.39 is 16.8 Å². The van der Waals surface area contributed by atoms with Crippen LogP contribution in [-0.2, 0) is 6.54 Å². The molecule has 0 amide bonds. The van der Waals surface area contributed by atoms with Crippen molar-refractivity contribution >= 4 is 5.69 Å². The standard InChI is InChI=1S/C15H19FN4O4/c1-10(11-3-4-14(16)15(5-11)24-2)17-7-13(21)9-19-8-12(6-18-19)20(22)23/h3-6,8,10,13,17,21H,7,9H2,1-2H3. The second kappa shape index (κ2) is 7.84. The molecular formula is C15H19FN4O4. The van der Waals surface area contributed by atoms with Gasteiger partial charge >= 0.3 is 5.69 Å². The first-order chi connectivity index (χ1) is 11.4. The normalized spacial score (nSPS) is 13.5. The van der Waals surface area contributed by atoms with Crippen LogP contribution in [0.15, 0.2) is 30.6 Å². The number of benzene rings is 1. The third-order valence-electron chi connectivity index (χ3n) is 3.56. The largest absolute Gasteiger partial charge is 0.494 e. The molecule has 2 unspecified atom stereocenters. The maximum absolute atomic E-state index is 13.4. The van der Waals surface area contributed by atoms with E-state index in [2.05, 4.69) is 10.4 Å². The number of hydrogen-bond acceptors (Lipinski definition) is 6. The van der Waals surface area contributed by atoms with Gasteiger partial charge in [0.1, 0.15) is 12.4 Å². The fraction of sp³-hybridized carbons (Fsp3) is 0.400. The summed E-state index contributed by atoms with van der Waals surface area (Å²) in [5, 5.41) is 27.5. The van der Waals surface area contributed by atoms with Crippen molar-refractivity contribution in [3.05, 3.63) is 52.1 Å². The first-order valence-electron chi connectivity index (χ1n) is 7.32. The van der Waals surface area contributed by atoms with Crippen molar-refractivity contribution in [1.29, 1.82) is 0 Å². The fourth-order valence-corrected chi connectivity index (χ4v) is 2.20. The molecule has 0 saturated heterocycles. The van der Waals surface area contributed by atoms with Crippen LogP contribution in [0, 0.1) is 15.9 Å². The maximum atomic E-state index is 13.4. The second-order valence-electron chi connectivity index (χ2n) is 5.36. The van der Waals surface area contributed by atoms with Crippen LogP contribution in [0.3, 0.4) is 0 Å². The van der Waals surface area contributed by atoms with Crippen LogP contribution in [0.4, 0.5) is 10.1 Å². The molecule has 130 valence electrons. The van der Waals surface area contributed by atoms with Crippen LogP contribution in [-0.4, -0.2) is 39.6 Å². The highest BCUT2D eigenvalue weighted by Crippen LogP contribution is 2.22. The molecule has 2 N–H and O–H groups in total. The van der Waals surface area contributed by atoms with Gasteiger partial charge < -0.3 is 15.2 Å². The van der Waals surface area contributed by atoms with Gasteiger partial charge in [-0.2, -0.15) is 5.10 Å². The van der Waals surface area contributed by atoms with Gasteiger partial charge in [-0.15, -0.1) is 0 Å². The Bertz CT molecular complexity index is 707. The van der Waals surface area contributed by atoms with Gasteiger partial charge in [0, 0.05) is 12.6 Å². The van der Waals surface area contributed by atoms with E-state index in [1.165, 1.54) is 24.1 Å². The van der Waals surface area contributed by atoms with Crippen molar-refractivity contribution < 1.29 is 19.2 Å². The van der Waals surface area contributed by atoms with Gasteiger partial charge in [-0.25, -0.2) is 4.39 Å². The SMILES string of the molecule is COc1cc(C(C)NCC(O)Cn2cc([N+](=O)[O-])cn2)ccc1F. The molecule has 9 heteroatoms. The molecule has 2 atom stereocenters. The zero-order chi connectivity index (χ0) is 17.7. The molecule has 1 aromatic heterocycles. The molecule has 0 spiro atoms. The van der Waals surface area contributed by atoms with Gasteiger partial charge in [0.15, 0.2) is 11.6 Å². The van der Waals surface area contributed by atoms with Crippen molar-refractivity contribution in [2.45, 2.75) is 25.6 Å². The number of rotatable bonds is 8. The summed E-state index contributed by atoms with van der Waals surface area (Å²) in [4.78, 5) is 10.0. The molecule has 2 aromatic rings. The lowest BCUT2D eigenvalue weighted by atomic mass is 10.1. The van der Waals surface area contributed by atoms with Gasteiger partial charge in [-0.05, 0) is 24.6 Å². The van der Waals surface area contributed by atoms with E-state index in [1.807, 2.05) is 6.92 Å². The van der Waals surface area contributed by atoms with Gasteiger partial charge in [0.25, 0.3) is 0 Å². The first kappa shape index (κ1) is 17.8. The Kier molecular flexibility index (Phi) is 5.83. The van der Waals surface area contributed by atoms with E-state index in [0.29, 0.717) is 0 Å². The van der Waals surface area contributed by atoms with Gasteiger partial charge in [0.2, 0.25) is 0 Å². The van der Waals surface area contributed by atoms with Crippen LogP contribution in [0.1, 0.15) is 18.5 Å². The smallest absolute Gasteiger partial charge is 0.306 e. The van der Waals surface area contributed by atoms with Crippen LogP contribution in [0.25, 0.3) is 0 Å². The number of aromatic nitrogens is 2. The molecule has 0 saturated carbocycles. The summed E-state index contributed by atoms with van der Waals surface area (Å²) in [5.74, 6) is -0.278. The van der Waals surface area contributed by atoms with Gasteiger partial charge in [-0.3, -0.25) is 14.8 Å². The predicted molar refractivity (Wildman–Crippen MR) is 84.3 cm³/mol. The second-order valence-corrected chi connectivity index (χ2v) is 5.36. The monoisotopic (exact) mass is 338 g/mol. The molecule has 2 rings (SSSR count). The van der Waals surface area contributed by atoms with Crippen molar-refractivity contribution in [2.75, 3.05) is 13.7 Å². The van der Waals surface area contributed by atoms with Gasteiger partial charge in [0.05, 0.1) is 24.7 Å². The molecule has 0 aliphatic carbocycles. The average Bonchev–Trinajstić information content (AvgIpc) is 3.01. The zero-order valence-electron chi connectivity index (χ0n) is 13.3. The third kappa shape index (κ3) is 4.49. The number of aliphatic hydroxyl groups excluding tert-OH is 1. The predicted octanol–water partition coefficient (Wildman–Crippen LogP) is 1.65. The molecule has 0 radical (unpaired) electrons. The molecule has 0 fully saturated rings. The summed E-state index contributed by atoms with van der Waals surface area (Å²) in [7, 11) is 1.40. The molecule has 0 bridgehead atoms. The molecule has 1 aromatic carbocycles. The lowest BCUT2D eigenvalue weighted by Crippen LogP contribution is -2.32. The summed E-state index contributed by atoms with van der Waals surface area (Å²) in [6, 6.07) is 4.42. The van der Waals surface area contributed by atoms with Crippen molar-refractivity contribution in [2.24, 2.45) is 0 Å². The lowest BCUT2D eigenvalue weighted by molar-refractivity contribution is -0.385. The Morgan fingerprint density at radius 2 is 2.29 bits per heavy atom. The van der Waals surface area contributed by atoms with Crippen LogP contribution in [0.5, 0.6) is 5.75 Å². The van der Waals surface area contributed by atoms with Crippen molar-refractivity contribution in [3.8, 4) is 5.75 Å². The Morgan fingerprint density at radius 1 is 1.54 bits per heavy atom. The zero-order valence-corrected chi connectivity index (χ0v) is 13.3. The molecule has 8 nitrogen and oxygen atoms in total. The van der Waals surface area contributed by atoms with E-state index in [1.54, 1.807) is 12.1 Å². The number of methoxy groups -OCH3 is 1. The molecule has 0 aliphatic rings. The quantitative estimate of drug-likeness (QED) is 0.560. The number of ether oxygens (including phenoxy) is 1. The number of nitrogens with zero attached hydrogens (tertiary/aromatic N) is 3. The topological polar surface area (TPSA) is 102 Å². The summed E-state index contributed by atoms with van der Waals surface area (Å²) in [6.45, 7) is 2.24. The van der Waals surface area contributed by atoms with Crippen molar-refractivity contribution in [3.63, 3.8) is 0 Å². The van der Waals surface area contributed by atoms with E-state index in [0.717, 1.165) is 11.8 Å². The average molecular weight is 338 g/mol. The van der Waals surface area contributed by atoms with Crippen LogP contribution >= 0.6 is 0 Å². The maximum Gasteiger partial charge on any atom is 0.306 e. The summed E-state index contributed by atoms with van der Waals surface area (Å²) in [5.41, 5.74) is 0.692. The fourth-order valence-electron chi connectivity index (χ4n) is 2.20. The minimum absolute atomic E-state index is 0.123. The van der Waals surface area contributed by atoms with E-state index in [9.17, 15) is 19.6 Å². The Morgan fingerprint density at radius 3 is 2.92 bits per heavy atom. The molecule has 1 heterocycles. The number of nitro groups is 1. The Labute approximate surface area is 138 Å². The Balaban J connectivity index is 1.88. The number of aliphatic hydroxyl groups is 1. The summed E-state index contributed by atoms with van der Waals surface area (Å²) >= 11 is 0. The lowest BCUT2D eigenvalue weighted by Gasteiger charge is -2.18. The summed E-state index contributed by atoms with van der Waals surface area (Å²) in [6.07, 6.45) is 1.61. The highest BCUT2D eigenvalue weighted by Gasteiger charge is 2.14. The molecule has 0 aliphatic heterocycles. The third-order valence-corrected chi connectivity index (χ3v) is 3.56. The highest BCUT2D eigenvalue weighted by molar-refractivity contribution is 5.31.